The van der Waals surface area contributed by atoms with E-state index in [0.717, 1.165) is 11.6 Å². The molecule has 0 aliphatic carbocycles. The highest BCUT2D eigenvalue weighted by molar-refractivity contribution is 7.15. The first-order chi connectivity index (χ1) is 10.6. The number of thiazole rings is 1. The zero-order valence-corrected chi connectivity index (χ0v) is 14.6. The third kappa shape index (κ3) is 3.57. The maximum absolute atomic E-state index is 4.78. The van der Waals surface area contributed by atoms with Gasteiger partial charge in [-0.15, -0.1) is 11.3 Å². The molecular formula is C18H25N3S. The molecule has 1 aliphatic heterocycles. The molecule has 1 fully saturated rings. The van der Waals surface area contributed by atoms with Crippen molar-refractivity contribution in [3.63, 3.8) is 0 Å². The van der Waals surface area contributed by atoms with Gasteiger partial charge in [0.05, 0.1) is 5.69 Å². The Morgan fingerprint density at radius 2 is 2.05 bits per heavy atom. The minimum Gasteiger partial charge on any atom is -0.305 e. The van der Waals surface area contributed by atoms with Gasteiger partial charge in [-0.05, 0) is 40.4 Å². The van der Waals surface area contributed by atoms with Gasteiger partial charge >= 0.3 is 0 Å². The van der Waals surface area contributed by atoms with Gasteiger partial charge in [0.15, 0.2) is 0 Å². The highest BCUT2D eigenvalue weighted by atomic mass is 32.1. The number of likely N-dealkylation sites (N-methyl/N-ethyl adjacent to an activating group) is 1. The Balaban J connectivity index is 1.72. The molecule has 0 radical (unpaired) electrons. The second-order valence-corrected chi connectivity index (χ2v) is 7.47. The lowest BCUT2D eigenvalue weighted by Crippen LogP contribution is -2.44. The number of piperidine rings is 1. The van der Waals surface area contributed by atoms with Gasteiger partial charge in [0, 0.05) is 29.6 Å². The molecule has 22 heavy (non-hydrogen) atoms. The third-order valence-electron chi connectivity index (χ3n) is 4.49. The van der Waals surface area contributed by atoms with Crippen LogP contribution in [0.15, 0.2) is 30.3 Å². The van der Waals surface area contributed by atoms with E-state index in [1.807, 2.05) is 11.3 Å². The van der Waals surface area contributed by atoms with Crippen molar-refractivity contribution in [3.05, 3.63) is 40.9 Å². The van der Waals surface area contributed by atoms with Crippen molar-refractivity contribution in [3.8, 4) is 10.6 Å². The first-order valence-electron chi connectivity index (χ1n) is 8.04. The van der Waals surface area contributed by atoms with Gasteiger partial charge < -0.3 is 4.90 Å². The molecule has 3 rings (SSSR count). The summed E-state index contributed by atoms with van der Waals surface area (Å²) in [7, 11) is 4.39. The van der Waals surface area contributed by atoms with Crippen LogP contribution in [0.25, 0.3) is 10.6 Å². The van der Waals surface area contributed by atoms with Crippen molar-refractivity contribution >= 4 is 11.3 Å². The van der Waals surface area contributed by atoms with E-state index < -0.39 is 0 Å². The molecule has 3 nitrogen and oxygen atoms in total. The van der Waals surface area contributed by atoms with Crippen molar-refractivity contribution in [2.45, 2.75) is 32.4 Å². The monoisotopic (exact) mass is 315 g/mol. The minimum atomic E-state index is 0.690. The van der Waals surface area contributed by atoms with E-state index in [0.29, 0.717) is 6.04 Å². The lowest BCUT2D eigenvalue weighted by molar-refractivity contribution is 0.128. The molecule has 2 heterocycles. The first-order valence-corrected chi connectivity index (χ1v) is 8.85. The summed E-state index contributed by atoms with van der Waals surface area (Å²) in [4.78, 5) is 11.1. The number of benzene rings is 1. The maximum Gasteiger partial charge on any atom is 0.123 e. The lowest BCUT2D eigenvalue weighted by Gasteiger charge is -2.35. The number of aryl methyl sites for hydroxylation is 1. The fourth-order valence-corrected chi connectivity index (χ4v) is 4.19. The number of rotatable bonds is 4. The van der Waals surface area contributed by atoms with Crippen molar-refractivity contribution in [1.82, 2.24) is 14.8 Å². The maximum atomic E-state index is 4.78. The van der Waals surface area contributed by atoms with Crippen molar-refractivity contribution < 1.29 is 0 Å². The zero-order chi connectivity index (χ0) is 15.5. The summed E-state index contributed by atoms with van der Waals surface area (Å²) in [6.07, 6.45) is 2.62. The van der Waals surface area contributed by atoms with E-state index in [1.165, 1.54) is 42.1 Å². The summed E-state index contributed by atoms with van der Waals surface area (Å²) in [5.74, 6) is 0. The van der Waals surface area contributed by atoms with E-state index in [9.17, 15) is 0 Å². The van der Waals surface area contributed by atoms with Gasteiger partial charge in [-0.25, -0.2) is 4.98 Å². The molecule has 1 aromatic carbocycles. The van der Waals surface area contributed by atoms with E-state index in [-0.39, 0.29) is 0 Å². The fraction of sp³-hybridized carbons (Fsp3) is 0.500. The molecule has 1 aromatic heterocycles. The second-order valence-electron chi connectivity index (χ2n) is 6.39. The smallest absolute Gasteiger partial charge is 0.123 e. The summed E-state index contributed by atoms with van der Waals surface area (Å²) < 4.78 is 0. The molecule has 2 aromatic rings. The predicted molar refractivity (Wildman–Crippen MR) is 94.3 cm³/mol. The third-order valence-corrected chi connectivity index (χ3v) is 5.68. The molecule has 1 saturated heterocycles. The van der Waals surface area contributed by atoms with Crippen LogP contribution in [0, 0.1) is 6.92 Å². The molecule has 1 aliphatic rings. The van der Waals surface area contributed by atoms with Crippen LogP contribution in [0.5, 0.6) is 0 Å². The average Bonchev–Trinajstić information content (AvgIpc) is 2.89. The molecule has 0 N–H and O–H groups in total. The van der Waals surface area contributed by atoms with Crippen LogP contribution in [0.1, 0.15) is 23.4 Å². The van der Waals surface area contributed by atoms with E-state index in [2.05, 4.69) is 61.2 Å². The van der Waals surface area contributed by atoms with Crippen LogP contribution < -0.4 is 0 Å². The molecule has 0 amide bonds. The summed E-state index contributed by atoms with van der Waals surface area (Å²) in [6, 6.07) is 11.2. The topological polar surface area (TPSA) is 19.4 Å². The Kier molecular flexibility index (Phi) is 4.91. The lowest BCUT2D eigenvalue weighted by atomic mass is 10.0. The highest BCUT2D eigenvalue weighted by Crippen LogP contribution is 2.29. The predicted octanol–water partition coefficient (Wildman–Crippen LogP) is 3.64. The summed E-state index contributed by atoms with van der Waals surface area (Å²) in [5.41, 5.74) is 2.42. The second kappa shape index (κ2) is 6.90. The van der Waals surface area contributed by atoms with Crippen LogP contribution in [-0.2, 0) is 6.54 Å². The number of aromatic nitrogens is 1. The Labute approximate surface area is 137 Å². The SMILES string of the molecule is Cc1nc(-c2ccccc2)sc1CN1CCCC(N(C)C)C1. The summed E-state index contributed by atoms with van der Waals surface area (Å²) >= 11 is 1.85. The Bertz CT molecular complexity index is 606. The van der Waals surface area contributed by atoms with Crippen LogP contribution in [-0.4, -0.2) is 48.0 Å². The highest BCUT2D eigenvalue weighted by Gasteiger charge is 2.22. The van der Waals surface area contributed by atoms with E-state index >= 15 is 0 Å². The Morgan fingerprint density at radius 3 is 2.77 bits per heavy atom. The first kappa shape index (κ1) is 15.7. The van der Waals surface area contributed by atoms with Crippen LogP contribution in [0.3, 0.4) is 0 Å². The molecule has 4 heteroatoms. The molecular weight excluding hydrogens is 290 g/mol. The van der Waals surface area contributed by atoms with Gasteiger partial charge in [-0.2, -0.15) is 0 Å². The summed E-state index contributed by atoms with van der Waals surface area (Å²) in [5, 5.41) is 1.15. The molecule has 0 spiro atoms. The Hall–Kier alpha value is -1.23. The minimum absolute atomic E-state index is 0.690. The normalized spacial score (nSPS) is 19.7. The van der Waals surface area contributed by atoms with E-state index in [1.54, 1.807) is 0 Å². The fourth-order valence-electron chi connectivity index (χ4n) is 3.08. The molecule has 118 valence electrons. The quantitative estimate of drug-likeness (QED) is 0.858. The van der Waals surface area contributed by atoms with Gasteiger partial charge in [0.2, 0.25) is 0 Å². The van der Waals surface area contributed by atoms with Crippen LogP contribution in [0.4, 0.5) is 0 Å². The molecule has 1 atom stereocenters. The van der Waals surface area contributed by atoms with Crippen molar-refractivity contribution in [1.29, 1.82) is 0 Å². The zero-order valence-electron chi connectivity index (χ0n) is 13.7. The molecule has 1 unspecified atom stereocenters. The molecule has 0 bridgehead atoms. The summed E-state index contributed by atoms with van der Waals surface area (Å²) in [6.45, 7) is 5.57. The molecule has 0 saturated carbocycles. The Morgan fingerprint density at radius 1 is 1.27 bits per heavy atom. The van der Waals surface area contributed by atoms with Crippen molar-refractivity contribution in [2.75, 3.05) is 27.2 Å². The largest absolute Gasteiger partial charge is 0.305 e. The van der Waals surface area contributed by atoms with Gasteiger partial charge in [0.1, 0.15) is 5.01 Å². The van der Waals surface area contributed by atoms with Crippen LogP contribution >= 0.6 is 11.3 Å². The van der Waals surface area contributed by atoms with Gasteiger partial charge in [-0.3, -0.25) is 4.90 Å². The van der Waals surface area contributed by atoms with E-state index in [4.69, 9.17) is 4.98 Å². The van der Waals surface area contributed by atoms with Crippen molar-refractivity contribution in [2.24, 2.45) is 0 Å². The average molecular weight is 315 g/mol. The number of nitrogens with zero attached hydrogens (tertiary/aromatic N) is 3. The standard InChI is InChI=1S/C18H25N3S/c1-14-17(13-21-11-7-10-16(12-21)20(2)3)22-18(19-14)15-8-5-4-6-9-15/h4-6,8-9,16H,7,10-13H2,1-3H3. The van der Waals surface area contributed by atoms with Gasteiger partial charge in [-0.1, -0.05) is 30.3 Å². The van der Waals surface area contributed by atoms with Crippen LogP contribution in [0.2, 0.25) is 0 Å². The van der Waals surface area contributed by atoms with Gasteiger partial charge in [0.25, 0.3) is 0 Å². The number of likely N-dealkylation sites (tertiary alicyclic amines) is 1. The number of hydrogen-bond donors (Lipinski definition) is 0. The number of hydrogen-bond acceptors (Lipinski definition) is 4.